The van der Waals surface area contributed by atoms with Crippen LogP contribution in [0.25, 0.3) is 0 Å². The zero-order valence-corrected chi connectivity index (χ0v) is 12.7. The van der Waals surface area contributed by atoms with Crippen molar-refractivity contribution >= 4 is 23.5 Å². The van der Waals surface area contributed by atoms with Crippen molar-refractivity contribution in [2.75, 3.05) is 19.6 Å². The van der Waals surface area contributed by atoms with E-state index in [1.54, 1.807) is 24.0 Å². The van der Waals surface area contributed by atoms with E-state index >= 15 is 0 Å². The molecule has 0 bridgehead atoms. The summed E-state index contributed by atoms with van der Waals surface area (Å²) >= 11 is 5.90. The Kier molecular flexibility index (Phi) is 5.01. The van der Waals surface area contributed by atoms with E-state index in [0.717, 1.165) is 18.5 Å². The number of amides is 3. The standard InChI is InChI=1S/C14H19ClN4O2/c1-9-5-11(6-12(15)18-9)13(20)19-4-2-3-10(8-19)7-17-14(16)21/h5-6,10H,2-4,7-8H2,1H3,(H3,16,17,21). The third kappa shape index (κ3) is 4.32. The number of carbonyl (C=O) groups is 2. The third-order valence-electron chi connectivity index (χ3n) is 3.54. The van der Waals surface area contributed by atoms with Gasteiger partial charge in [0.1, 0.15) is 5.15 Å². The highest BCUT2D eigenvalue weighted by Crippen LogP contribution is 2.19. The fraction of sp³-hybridized carbons (Fsp3) is 0.500. The lowest BCUT2D eigenvalue weighted by Crippen LogP contribution is -2.44. The number of pyridine rings is 1. The molecule has 7 heteroatoms. The van der Waals surface area contributed by atoms with Crippen molar-refractivity contribution in [2.24, 2.45) is 11.7 Å². The molecule has 1 aliphatic heterocycles. The average molecular weight is 311 g/mol. The van der Waals surface area contributed by atoms with Gasteiger partial charge in [0.15, 0.2) is 0 Å². The number of primary amides is 1. The van der Waals surface area contributed by atoms with E-state index < -0.39 is 6.03 Å². The molecule has 1 atom stereocenters. The highest BCUT2D eigenvalue weighted by molar-refractivity contribution is 6.29. The number of aromatic nitrogens is 1. The highest BCUT2D eigenvalue weighted by atomic mass is 35.5. The summed E-state index contributed by atoms with van der Waals surface area (Å²) in [6, 6.07) is 2.79. The Morgan fingerprint density at radius 2 is 2.29 bits per heavy atom. The number of nitrogens with two attached hydrogens (primary N) is 1. The third-order valence-corrected chi connectivity index (χ3v) is 3.73. The Balaban J connectivity index is 2.03. The van der Waals surface area contributed by atoms with Gasteiger partial charge in [0.2, 0.25) is 0 Å². The minimum Gasteiger partial charge on any atom is -0.352 e. The first-order valence-electron chi connectivity index (χ1n) is 6.92. The topological polar surface area (TPSA) is 88.3 Å². The van der Waals surface area contributed by atoms with Gasteiger partial charge in [0.05, 0.1) is 0 Å². The summed E-state index contributed by atoms with van der Waals surface area (Å²) in [4.78, 5) is 29.1. The lowest BCUT2D eigenvalue weighted by Gasteiger charge is -2.32. The number of halogens is 1. The number of hydrogen-bond acceptors (Lipinski definition) is 3. The minimum atomic E-state index is -0.532. The van der Waals surface area contributed by atoms with Crippen molar-refractivity contribution in [3.8, 4) is 0 Å². The average Bonchev–Trinajstić information content (AvgIpc) is 2.43. The highest BCUT2D eigenvalue weighted by Gasteiger charge is 2.25. The van der Waals surface area contributed by atoms with Gasteiger partial charge >= 0.3 is 6.03 Å². The Bertz CT molecular complexity index is 530. The first-order chi connectivity index (χ1) is 9.95. The molecule has 0 spiro atoms. The second-order valence-electron chi connectivity index (χ2n) is 5.32. The Morgan fingerprint density at radius 3 is 2.95 bits per heavy atom. The first-order valence-corrected chi connectivity index (χ1v) is 7.30. The van der Waals surface area contributed by atoms with E-state index in [0.29, 0.717) is 30.4 Å². The molecule has 2 rings (SSSR count). The van der Waals surface area contributed by atoms with E-state index in [1.807, 2.05) is 0 Å². The van der Waals surface area contributed by atoms with Crippen LogP contribution in [0, 0.1) is 12.8 Å². The van der Waals surface area contributed by atoms with E-state index in [9.17, 15) is 9.59 Å². The second-order valence-corrected chi connectivity index (χ2v) is 5.71. The van der Waals surface area contributed by atoms with Crippen LogP contribution >= 0.6 is 11.6 Å². The van der Waals surface area contributed by atoms with Crippen molar-refractivity contribution in [1.29, 1.82) is 0 Å². The maximum Gasteiger partial charge on any atom is 0.312 e. The normalized spacial score (nSPS) is 18.4. The molecular formula is C14H19ClN4O2. The molecule has 1 unspecified atom stereocenters. The van der Waals surface area contributed by atoms with Gasteiger partial charge in [0.25, 0.3) is 5.91 Å². The van der Waals surface area contributed by atoms with Crippen LogP contribution in [0.1, 0.15) is 28.9 Å². The molecular weight excluding hydrogens is 292 g/mol. The molecule has 1 aromatic rings. The number of likely N-dealkylation sites (tertiary alicyclic amines) is 1. The van der Waals surface area contributed by atoms with E-state index in [-0.39, 0.29) is 11.8 Å². The van der Waals surface area contributed by atoms with Gasteiger partial charge in [-0.2, -0.15) is 0 Å². The molecule has 6 nitrogen and oxygen atoms in total. The van der Waals surface area contributed by atoms with E-state index in [2.05, 4.69) is 10.3 Å². The smallest absolute Gasteiger partial charge is 0.312 e. The summed E-state index contributed by atoms with van der Waals surface area (Å²) in [6.45, 7) is 3.62. The number of rotatable bonds is 3. The summed E-state index contributed by atoms with van der Waals surface area (Å²) in [5.41, 5.74) is 6.35. The zero-order valence-electron chi connectivity index (χ0n) is 11.9. The predicted octanol–water partition coefficient (Wildman–Crippen LogP) is 1.56. The quantitative estimate of drug-likeness (QED) is 0.830. The summed E-state index contributed by atoms with van der Waals surface area (Å²) in [7, 11) is 0. The van der Waals surface area contributed by atoms with Crippen LogP contribution in [-0.2, 0) is 0 Å². The van der Waals surface area contributed by atoms with Crippen LogP contribution in [-0.4, -0.2) is 41.5 Å². The van der Waals surface area contributed by atoms with Gasteiger partial charge in [-0.25, -0.2) is 9.78 Å². The number of hydrogen-bond donors (Lipinski definition) is 2. The molecule has 0 radical (unpaired) electrons. The number of aryl methyl sites for hydroxylation is 1. The van der Waals surface area contributed by atoms with Crippen molar-refractivity contribution in [1.82, 2.24) is 15.2 Å². The molecule has 0 aromatic carbocycles. The molecule has 0 saturated carbocycles. The summed E-state index contributed by atoms with van der Waals surface area (Å²) in [5.74, 6) is 0.180. The van der Waals surface area contributed by atoms with Gasteiger partial charge in [-0.15, -0.1) is 0 Å². The van der Waals surface area contributed by atoms with Crippen LogP contribution < -0.4 is 11.1 Å². The predicted molar refractivity (Wildman–Crippen MR) is 80.2 cm³/mol. The van der Waals surface area contributed by atoms with Gasteiger partial charge in [-0.3, -0.25) is 4.79 Å². The SMILES string of the molecule is Cc1cc(C(=O)N2CCCC(CNC(N)=O)C2)cc(Cl)n1. The second kappa shape index (κ2) is 6.76. The maximum atomic E-state index is 12.5. The summed E-state index contributed by atoms with van der Waals surface area (Å²) in [6.07, 6.45) is 1.88. The molecule has 1 aromatic heterocycles. The summed E-state index contributed by atoms with van der Waals surface area (Å²) < 4.78 is 0. The molecule has 3 N–H and O–H groups in total. The number of nitrogens with zero attached hydrogens (tertiary/aromatic N) is 2. The molecule has 1 fully saturated rings. The van der Waals surface area contributed by atoms with Crippen LogP contribution in [0.4, 0.5) is 4.79 Å². The largest absolute Gasteiger partial charge is 0.352 e. The number of nitrogens with one attached hydrogen (secondary N) is 1. The Labute approximate surface area is 128 Å². The van der Waals surface area contributed by atoms with Crippen LogP contribution in [0.3, 0.4) is 0 Å². The van der Waals surface area contributed by atoms with E-state index in [1.165, 1.54) is 0 Å². The number of piperidine rings is 1. The number of urea groups is 1. The molecule has 2 heterocycles. The monoisotopic (exact) mass is 310 g/mol. The fourth-order valence-corrected chi connectivity index (χ4v) is 2.85. The fourth-order valence-electron chi connectivity index (χ4n) is 2.60. The van der Waals surface area contributed by atoms with Crippen molar-refractivity contribution in [3.63, 3.8) is 0 Å². The molecule has 1 aliphatic rings. The van der Waals surface area contributed by atoms with E-state index in [4.69, 9.17) is 17.3 Å². The Hall–Kier alpha value is -1.82. The summed E-state index contributed by atoms with van der Waals surface area (Å²) in [5, 5.41) is 2.92. The van der Waals surface area contributed by atoms with Gasteiger partial charge in [0, 0.05) is 30.9 Å². The molecule has 0 aliphatic carbocycles. The molecule has 3 amide bonds. The number of carbonyl (C=O) groups excluding carboxylic acids is 2. The van der Waals surface area contributed by atoms with Gasteiger partial charge in [-0.1, -0.05) is 11.6 Å². The lowest BCUT2D eigenvalue weighted by atomic mass is 9.97. The van der Waals surface area contributed by atoms with Gasteiger partial charge < -0.3 is 16.0 Å². The van der Waals surface area contributed by atoms with Crippen LogP contribution in [0.15, 0.2) is 12.1 Å². The zero-order chi connectivity index (χ0) is 15.4. The van der Waals surface area contributed by atoms with Crippen molar-refractivity contribution < 1.29 is 9.59 Å². The van der Waals surface area contributed by atoms with Gasteiger partial charge in [-0.05, 0) is 37.8 Å². The van der Waals surface area contributed by atoms with Crippen molar-refractivity contribution in [3.05, 3.63) is 28.5 Å². The molecule has 21 heavy (non-hydrogen) atoms. The van der Waals surface area contributed by atoms with Crippen LogP contribution in [0.5, 0.6) is 0 Å². The van der Waals surface area contributed by atoms with Crippen molar-refractivity contribution in [2.45, 2.75) is 19.8 Å². The van der Waals surface area contributed by atoms with Crippen LogP contribution in [0.2, 0.25) is 5.15 Å². The maximum absolute atomic E-state index is 12.5. The lowest BCUT2D eigenvalue weighted by molar-refractivity contribution is 0.0675. The minimum absolute atomic E-state index is 0.0498. The molecule has 114 valence electrons. The Morgan fingerprint density at radius 1 is 1.52 bits per heavy atom. The first kappa shape index (κ1) is 15.6. The molecule has 1 saturated heterocycles.